The van der Waals surface area contributed by atoms with Crippen molar-refractivity contribution >= 4 is 15.7 Å². The van der Waals surface area contributed by atoms with Crippen LogP contribution in [0.4, 0.5) is 0 Å². The minimum absolute atomic E-state index is 0.0491. The van der Waals surface area contributed by atoms with Crippen molar-refractivity contribution in [2.24, 2.45) is 46.3 Å². The van der Waals surface area contributed by atoms with Crippen LogP contribution in [-0.2, 0) is 14.6 Å². The lowest BCUT2D eigenvalue weighted by Gasteiger charge is -2.63. The Morgan fingerprint density at radius 3 is 2.46 bits per heavy atom. The molecule has 0 radical (unpaired) electrons. The smallest absolute Gasteiger partial charge is 0.220 e. The Morgan fingerprint density at radius 1 is 1.06 bits per heavy atom. The van der Waals surface area contributed by atoms with Gasteiger partial charge in [0.25, 0.3) is 0 Å². The van der Waals surface area contributed by atoms with Gasteiger partial charge < -0.3 is 20.6 Å². The first-order valence-corrected chi connectivity index (χ1v) is 15.8. The van der Waals surface area contributed by atoms with Crippen molar-refractivity contribution in [3.63, 3.8) is 0 Å². The summed E-state index contributed by atoms with van der Waals surface area (Å²) in [7, 11) is -3.10. The van der Waals surface area contributed by atoms with Crippen molar-refractivity contribution in [1.29, 1.82) is 0 Å². The summed E-state index contributed by atoms with van der Waals surface area (Å²) in [6.45, 7) is 6.90. The molecule has 35 heavy (non-hydrogen) atoms. The van der Waals surface area contributed by atoms with Crippen LogP contribution >= 0.6 is 0 Å². The number of fused-ring (bicyclic) bond motifs is 5. The zero-order chi connectivity index (χ0) is 25.8. The van der Waals surface area contributed by atoms with E-state index >= 15 is 0 Å². The van der Waals surface area contributed by atoms with Crippen LogP contribution in [-0.4, -0.2) is 66.5 Å². The number of aliphatic hydroxyl groups excluding tert-OH is 3. The third kappa shape index (κ3) is 5.06. The van der Waals surface area contributed by atoms with Gasteiger partial charge in [-0.25, -0.2) is 8.42 Å². The maximum absolute atomic E-state index is 12.3. The molecule has 8 heteroatoms. The maximum atomic E-state index is 12.3. The first kappa shape index (κ1) is 27.3. The largest absolute Gasteiger partial charge is 0.393 e. The highest BCUT2D eigenvalue weighted by molar-refractivity contribution is 7.90. The Bertz CT molecular complexity index is 894. The Balaban J connectivity index is 1.43. The average Bonchev–Trinajstić information content (AvgIpc) is 3.12. The van der Waals surface area contributed by atoms with E-state index in [1.165, 1.54) is 6.26 Å². The van der Waals surface area contributed by atoms with Crippen molar-refractivity contribution in [2.75, 3.05) is 18.6 Å². The van der Waals surface area contributed by atoms with Gasteiger partial charge in [0.15, 0.2) is 0 Å². The number of hydrogen-bond donors (Lipinski definition) is 4. The van der Waals surface area contributed by atoms with E-state index in [2.05, 4.69) is 26.1 Å². The first-order valence-electron chi connectivity index (χ1n) is 13.8. The lowest BCUT2D eigenvalue weighted by Crippen LogP contribution is -2.62. The molecular formula is C27H47NO6S. The van der Waals surface area contributed by atoms with Crippen molar-refractivity contribution in [2.45, 2.75) is 96.9 Å². The first-order chi connectivity index (χ1) is 16.3. The van der Waals surface area contributed by atoms with E-state index in [0.717, 1.165) is 38.5 Å². The zero-order valence-corrected chi connectivity index (χ0v) is 22.8. The normalized spacial score (nSPS) is 46.3. The summed E-state index contributed by atoms with van der Waals surface area (Å²) in [4.78, 5) is 12.3. The van der Waals surface area contributed by atoms with Gasteiger partial charge in [0.2, 0.25) is 5.91 Å². The second-order valence-corrected chi connectivity index (χ2v) is 15.3. The molecule has 0 saturated heterocycles. The predicted octanol–water partition coefficient (Wildman–Crippen LogP) is 2.52. The van der Waals surface area contributed by atoms with Gasteiger partial charge >= 0.3 is 0 Å². The molecule has 4 aliphatic rings. The summed E-state index contributed by atoms with van der Waals surface area (Å²) >= 11 is 0. The highest BCUT2D eigenvalue weighted by Gasteiger charge is 2.65. The van der Waals surface area contributed by atoms with E-state index in [1.54, 1.807) is 0 Å². The third-order valence-corrected chi connectivity index (χ3v) is 12.1. The lowest BCUT2D eigenvalue weighted by atomic mass is 9.43. The standard InChI is InChI=1S/C27H47NO6S/c1-16(5-8-24(32)28-11-12-35(4,33)34)19-6-7-20-25-21(15-23(31)27(19,20)3)26(2)10-9-18(29)13-17(26)14-22(25)30/h16-23,25,29-31H,5-15H2,1-4H3,(H,28,32)/t16-,17+,18-,19-,20?,21?,22?,23+,25?,26+,27-/m1/s1. The van der Waals surface area contributed by atoms with E-state index in [9.17, 15) is 28.5 Å². The molecule has 4 rings (SSSR count). The minimum Gasteiger partial charge on any atom is -0.393 e. The van der Waals surface area contributed by atoms with Crippen LogP contribution in [0.25, 0.3) is 0 Å². The van der Waals surface area contributed by atoms with Crippen molar-refractivity contribution in [3.05, 3.63) is 0 Å². The number of sulfone groups is 1. The second-order valence-electron chi connectivity index (χ2n) is 13.0. The van der Waals surface area contributed by atoms with E-state index in [4.69, 9.17) is 0 Å². The zero-order valence-electron chi connectivity index (χ0n) is 21.9. The average molecular weight is 514 g/mol. The summed E-state index contributed by atoms with van der Waals surface area (Å²) in [5, 5.41) is 36.0. The minimum atomic E-state index is -3.10. The molecule has 0 spiro atoms. The molecule has 0 heterocycles. The SMILES string of the molecule is C[C@H](CCC(=O)NCCS(C)(=O)=O)[C@H]1CCC2C3C(O)C[C@@H]4C[C@H](O)CC[C@]4(C)C3C[C@H](O)[C@@]21C. The van der Waals surface area contributed by atoms with Gasteiger partial charge in [-0.3, -0.25) is 4.79 Å². The monoisotopic (exact) mass is 513 g/mol. The number of aliphatic hydroxyl groups is 3. The van der Waals surface area contributed by atoms with Crippen LogP contribution < -0.4 is 5.32 Å². The fourth-order valence-electron chi connectivity index (χ4n) is 9.16. The maximum Gasteiger partial charge on any atom is 0.220 e. The Kier molecular flexibility index (Phi) is 7.72. The number of hydrogen-bond acceptors (Lipinski definition) is 6. The molecule has 4 saturated carbocycles. The molecule has 0 aromatic rings. The van der Waals surface area contributed by atoms with Crippen molar-refractivity contribution < 1.29 is 28.5 Å². The molecular weight excluding hydrogens is 466 g/mol. The summed E-state index contributed by atoms with van der Waals surface area (Å²) in [6, 6.07) is 0. The Labute approximate surface area is 211 Å². The van der Waals surface area contributed by atoms with Gasteiger partial charge in [-0.1, -0.05) is 20.8 Å². The van der Waals surface area contributed by atoms with Crippen LogP contribution in [0, 0.1) is 46.3 Å². The number of amides is 1. The summed E-state index contributed by atoms with van der Waals surface area (Å²) in [5.74, 6) is 1.44. The topological polar surface area (TPSA) is 124 Å². The second kappa shape index (κ2) is 9.88. The van der Waals surface area contributed by atoms with Gasteiger partial charge in [-0.15, -0.1) is 0 Å². The molecule has 0 aromatic heterocycles. The molecule has 0 bridgehead atoms. The van der Waals surface area contributed by atoms with E-state index < -0.39 is 15.9 Å². The highest BCUT2D eigenvalue weighted by Crippen LogP contribution is 2.68. The molecule has 7 nitrogen and oxygen atoms in total. The van der Waals surface area contributed by atoms with Gasteiger partial charge in [0.1, 0.15) is 9.84 Å². The molecule has 11 atom stereocenters. The summed E-state index contributed by atoms with van der Waals surface area (Å²) in [6.07, 6.45) is 7.18. The summed E-state index contributed by atoms with van der Waals surface area (Å²) in [5.41, 5.74) is -0.203. The van der Waals surface area contributed by atoms with Crippen molar-refractivity contribution in [1.82, 2.24) is 5.32 Å². The molecule has 1 amide bonds. The molecule has 202 valence electrons. The van der Waals surface area contributed by atoms with E-state index in [1.807, 2.05) is 0 Å². The van der Waals surface area contributed by atoms with Crippen LogP contribution in [0.15, 0.2) is 0 Å². The van der Waals surface area contributed by atoms with E-state index in [0.29, 0.717) is 25.2 Å². The molecule has 0 aromatic carbocycles. The Hall–Kier alpha value is -0.700. The Morgan fingerprint density at radius 2 is 1.77 bits per heavy atom. The number of nitrogens with one attached hydrogen (secondary N) is 1. The van der Waals surface area contributed by atoms with Gasteiger partial charge in [-0.2, -0.15) is 0 Å². The molecule has 4 fully saturated rings. The van der Waals surface area contributed by atoms with Gasteiger partial charge in [0, 0.05) is 19.2 Å². The molecule has 4 aliphatic carbocycles. The number of carbonyl (C=O) groups excluding carboxylic acids is 1. The van der Waals surface area contributed by atoms with Gasteiger partial charge in [-0.05, 0) is 97.7 Å². The van der Waals surface area contributed by atoms with Crippen LogP contribution in [0.1, 0.15) is 78.6 Å². The quantitative estimate of drug-likeness (QED) is 0.415. The molecule has 4 N–H and O–H groups in total. The molecule has 4 unspecified atom stereocenters. The van der Waals surface area contributed by atoms with E-state index in [-0.39, 0.29) is 70.8 Å². The molecule has 0 aliphatic heterocycles. The van der Waals surface area contributed by atoms with Gasteiger partial charge in [0.05, 0.1) is 24.1 Å². The fourth-order valence-corrected chi connectivity index (χ4v) is 9.63. The fraction of sp³-hybridized carbons (Fsp3) is 0.963. The predicted molar refractivity (Wildman–Crippen MR) is 135 cm³/mol. The van der Waals surface area contributed by atoms with Crippen LogP contribution in [0.5, 0.6) is 0 Å². The highest BCUT2D eigenvalue weighted by atomic mass is 32.2. The van der Waals surface area contributed by atoms with Crippen LogP contribution in [0.3, 0.4) is 0 Å². The summed E-state index contributed by atoms with van der Waals surface area (Å²) < 4.78 is 22.6. The number of carbonyl (C=O) groups is 1. The van der Waals surface area contributed by atoms with Crippen molar-refractivity contribution in [3.8, 4) is 0 Å². The lowest BCUT2D eigenvalue weighted by molar-refractivity contribution is -0.207. The number of rotatable bonds is 7. The van der Waals surface area contributed by atoms with Crippen LogP contribution in [0.2, 0.25) is 0 Å². The third-order valence-electron chi connectivity index (χ3n) is 11.1.